The Morgan fingerprint density at radius 1 is 1.04 bits per heavy atom. The third-order valence-electron chi connectivity index (χ3n) is 5.55. The van der Waals surface area contributed by atoms with Crippen LogP contribution in [0.2, 0.25) is 0 Å². The minimum Gasteiger partial charge on any atom is -0.303 e. The van der Waals surface area contributed by atoms with Gasteiger partial charge < -0.3 is 4.57 Å². The number of likely N-dealkylation sites (tertiary alicyclic amines) is 1. The molecule has 0 radical (unpaired) electrons. The molecule has 3 aromatic rings. The lowest BCUT2D eigenvalue weighted by Crippen LogP contribution is -2.36. The number of rotatable bonds is 5. The molecule has 0 saturated carbocycles. The number of aromatic nitrogens is 3. The van der Waals surface area contributed by atoms with Crippen molar-refractivity contribution in [3.63, 3.8) is 0 Å². The van der Waals surface area contributed by atoms with E-state index in [0.29, 0.717) is 11.4 Å². The second-order valence-electron chi connectivity index (χ2n) is 7.56. The molecule has 0 amide bonds. The summed E-state index contributed by atoms with van der Waals surface area (Å²) in [5, 5.41) is 4.70. The van der Waals surface area contributed by atoms with Crippen molar-refractivity contribution in [1.82, 2.24) is 19.2 Å². The van der Waals surface area contributed by atoms with E-state index in [1.54, 1.807) is 12.1 Å². The molecule has 1 aliphatic heterocycles. The van der Waals surface area contributed by atoms with Gasteiger partial charge in [-0.3, -0.25) is 4.90 Å². The summed E-state index contributed by atoms with van der Waals surface area (Å²) in [4.78, 5) is 2.42. The summed E-state index contributed by atoms with van der Waals surface area (Å²) >= 11 is 5.58. The zero-order chi connectivity index (χ0) is 19.5. The van der Waals surface area contributed by atoms with Gasteiger partial charge in [-0.25, -0.2) is 9.07 Å². The minimum atomic E-state index is -0.247. The van der Waals surface area contributed by atoms with Crippen molar-refractivity contribution in [2.75, 3.05) is 13.1 Å². The molecule has 0 spiro atoms. The van der Waals surface area contributed by atoms with Crippen LogP contribution in [0.25, 0.3) is 11.4 Å². The molecule has 2 aromatic carbocycles. The largest absolute Gasteiger partial charge is 0.303 e. The number of hydrogen-bond donors (Lipinski definition) is 0. The molecule has 1 saturated heterocycles. The second-order valence-corrected chi connectivity index (χ2v) is 7.93. The van der Waals surface area contributed by atoms with Crippen LogP contribution in [-0.4, -0.2) is 32.3 Å². The molecule has 6 heteroatoms. The average Bonchev–Trinajstić information content (AvgIpc) is 2.99. The Hall–Kier alpha value is -2.31. The smallest absolute Gasteiger partial charge is 0.199 e. The van der Waals surface area contributed by atoms with Gasteiger partial charge in [-0.1, -0.05) is 30.3 Å². The zero-order valence-corrected chi connectivity index (χ0v) is 16.9. The standard InChI is InChI=1S/C22H25FN4S/c1-25-21(19-7-9-20(23)10-8-19)24-27(22(25)28)16-26-13-11-18(12-14-26)15-17-5-3-2-4-6-17/h2-10,18H,11-16H2,1H3. The molecule has 4 rings (SSSR count). The fourth-order valence-electron chi connectivity index (χ4n) is 3.90. The van der Waals surface area contributed by atoms with Crippen molar-refractivity contribution < 1.29 is 4.39 Å². The van der Waals surface area contributed by atoms with E-state index < -0.39 is 0 Å². The maximum absolute atomic E-state index is 13.2. The third-order valence-corrected chi connectivity index (χ3v) is 6.04. The topological polar surface area (TPSA) is 26.0 Å². The summed E-state index contributed by atoms with van der Waals surface area (Å²) in [5.41, 5.74) is 2.30. The predicted molar refractivity (Wildman–Crippen MR) is 112 cm³/mol. The van der Waals surface area contributed by atoms with E-state index in [-0.39, 0.29) is 5.82 Å². The van der Waals surface area contributed by atoms with Crippen molar-refractivity contribution in [2.24, 2.45) is 13.0 Å². The van der Waals surface area contributed by atoms with Crippen molar-refractivity contribution in [3.8, 4) is 11.4 Å². The van der Waals surface area contributed by atoms with Crippen LogP contribution in [0.15, 0.2) is 54.6 Å². The van der Waals surface area contributed by atoms with E-state index in [9.17, 15) is 4.39 Å². The molecule has 1 aromatic heterocycles. The minimum absolute atomic E-state index is 0.247. The Bertz CT molecular complexity index is 970. The van der Waals surface area contributed by atoms with Gasteiger partial charge in [0, 0.05) is 25.7 Å². The monoisotopic (exact) mass is 396 g/mol. The normalized spacial score (nSPS) is 15.8. The molecule has 28 heavy (non-hydrogen) atoms. The molecule has 0 aliphatic carbocycles. The molecule has 2 heterocycles. The highest BCUT2D eigenvalue weighted by Gasteiger charge is 2.21. The summed E-state index contributed by atoms with van der Waals surface area (Å²) < 4.78 is 17.7. The first-order valence-corrected chi connectivity index (χ1v) is 10.2. The summed E-state index contributed by atoms with van der Waals surface area (Å²) in [7, 11) is 1.91. The average molecular weight is 397 g/mol. The van der Waals surface area contributed by atoms with Gasteiger partial charge in [0.2, 0.25) is 0 Å². The highest BCUT2D eigenvalue weighted by molar-refractivity contribution is 7.71. The van der Waals surface area contributed by atoms with E-state index in [4.69, 9.17) is 17.3 Å². The zero-order valence-electron chi connectivity index (χ0n) is 16.1. The molecule has 0 atom stereocenters. The van der Waals surface area contributed by atoms with Crippen LogP contribution in [0.1, 0.15) is 18.4 Å². The van der Waals surface area contributed by atoms with Gasteiger partial charge in [-0.15, -0.1) is 0 Å². The van der Waals surface area contributed by atoms with E-state index in [2.05, 4.69) is 35.2 Å². The number of hydrogen-bond acceptors (Lipinski definition) is 3. The lowest BCUT2D eigenvalue weighted by molar-refractivity contribution is 0.140. The van der Waals surface area contributed by atoms with E-state index in [1.807, 2.05) is 16.3 Å². The van der Waals surface area contributed by atoms with Crippen LogP contribution < -0.4 is 0 Å². The summed E-state index contributed by atoms with van der Waals surface area (Å²) in [6, 6.07) is 17.1. The summed E-state index contributed by atoms with van der Waals surface area (Å²) in [6.07, 6.45) is 3.55. The van der Waals surface area contributed by atoms with Crippen molar-refractivity contribution in [3.05, 3.63) is 70.7 Å². The second kappa shape index (κ2) is 8.37. The Morgan fingerprint density at radius 3 is 2.39 bits per heavy atom. The number of nitrogens with zero attached hydrogens (tertiary/aromatic N) is 4. The summed E-state index contributed by atoms with van der Waals surface area (Å²) in [6.45, 7) is 2.81. The van der Waals surface area contributed by atoms with Crippen LogP contribution in [0.4, 0.5) is 4.39 Å². The van der Waals surface area contributed by atoms with Gasteiger partial charge >= 0.3 is 0 Å². The SMILES string of the molecule is Cn1c(-c2ccc(F)cc2)nn(CN2CCC(Cc3ccccc3)CC2)c1=S. The third kappa shape index (κ3) is 4.23. The fraction of sp³-hybridized carbons (Fsp3) is 0.364. The Balaban J connectivity index is 1.39. The first-order valence-electron chi connectivity index (χ1n) is 9.76. The van der Waals surface area contributed by atoms with Crippen LogP contribution >= 0.6 is 12.2 Å². The first-order chi connectivity index (χ1) is 13.6. The highest BCUT2D eigenvalue weighted by Crippen LogP contribution is 2.23. The van der Waals surface area contributed by atoms with E-state index in [0.717, 1.165) is 36.8 Å². The van der Waals surface area contributed by atoms with Crippen LogP contribution in [0.3, 0.4) is 0 Å². The fourth-order valence-corrected chi connectivity index (χ4v) is 4.08. The van der Waals surface area contributed by atoms with Crippen LogP contribution in [-0.2, 0) is 20.1 Å². The van der Waals surface area contributed by atoms with Crippen molar-refractivity contribution in [1.29, 1.82) is 0 Å². The van der Waals surface area contributed by atoms with Gasteiger partial charge in [0.15, 0.2) is 10.6 Å². The Labute approximate surface area is 170 Å². The lowest BCUT2D eigenvalue weighted by atomic mass is 9.90. The number of benzene rings is 2. The highest BCUT2D eigenvalue weighted by atomic mass is 32.1. The van der Waals surface area contributed by atoms with Gasteiger partial charge in [-0.05, 0) is 67.2 Å². The number of piperidine rings is 1. The van der Waals surface area contributed by atoms with Crippen molar-refractivity contribution >= 4 is 12.2 Å². The number of halogens is 1. The van der Waals surface area contributed by atoms with Gasteiger partial charge in [0.25, 0.3) is 0 Å². The molecule has 146 valence electrons. The molecule has 1 fully saturated rings. The van der Waals surface area contributed by atoms with Crippen LogP contribution in [0.5, 0.6) is 0 Å². The van der Waals surface area contributed by atoms with E-state index >= 15 is 0 Å². The molecule has 0 N–H and O–H groups in total. The Kier molecular flexibility index (Phi) is 5.69. The molecule has 0 bridgehead atoms. The van der Waals surface area contributed by atoms with E-state index in [1.165, 1.54) is 30.5 Å². The molecule has 1 aliphatic rings. The molecular formula is C22H25FN4S. The van der Waals surface area contributed by atoms with Gasteiger partial charge in [-0.2, -0.15) is 5.10 Å². The maximum atomic E-state index is 13.2. The van der Waals surface area contributed by atoms with Gasteiger partial charge in [0.05, 0.1) is 6.67 Å². The predicted octanol–water partition coefficient (Wildman–Crippen LogP) is 4.67. The Morgan fingerprint density at radius 2 is 1.71 bits per heavy atom. The summed E-state index contributed by atoms with van der Waals surface area (Å²) in [5.74, 6) is 1.26. The van der Waals surface area contributed by atoms with Crippen molar-refractivity contribution in [2.45, 2.75) is 25.9 Å². The quantitative estimate of drug-likeness (QED) is 0.586. The lowest BCUT2D eigenvalue weighted by Gasteiger charge is -2.31. The van der Waals surface area contributed by atoms with Gasteiger partial charge in [0.1, 0.15) is 5.82 Å². The first kappa shape index (κ1) is 19.0. The molecule has 4 nitrogen and oxygen atoms in total. The van der Waals surface area contributed by atoms with Crippen LogP contribution in [0, 0.1) is 16.5 Å². The molecule has 0 unspecified atom stereocenters. The molecular weight excluding hydrogens is 371 g/mol. The maximum Gasteiger partial charge on any atom is 0.199 e.